The zero-order valence-electron chi connectivity index (χ0n) is 13.5. The topological polar surface area (TPSA) is 29.9 Å². The third-order valence-corrected chi connectivity index (χ3v) is 3.78. The van der Waals surface area contributed by atoms with Crippen LogP contribution in [0.3, 0.4) is 0 Å². The van der Waals surface area contributed by atoms with Crippen LogP contribution in [0.25, 0.3) is 5.69 Å². The minimum absolute atomic E-state index is 0.230. The molecular weight excluding hydrogens is 265 g/mol. The highest BCUT2D eigenvalue weighted by atomic mass is 19.1. The van der Waals surface area contributed by atoms with Gasteiger partial charge in [0.25, 0.3) is 0 Å². The summed E-state index contributed by atoms with van der Waals surface area (Å²) in [5.74, 6) is -0.230. The number of aromatic nitrogens is 2. The molecule has 1 aromatic heterocycles. The predicted molar refractivity (Wildman–Crippen MR) is 84.3 cm³/mol. The first-order valence-corrected chi connectivity index (χ1v) is 7.51. The monoisotopic (exact) mass is 289 g/mol. The second-order valence-electron chi connectivity index (χ2n) is 5.70. The summed E-state index contributed by atoms with van der Waals surface area (Å²) in [7, 11) is 0. The first-order chi connectivity index (χ1) is 9.95. The predicted octanol–water partition coefficient (Wildman–Crippen LogP) is 3.69. The molecule has 0 bridgehead atoms. The third-order valence-electron chi connectivity index (χ3n) is 3.78. The lowest BCUT2D eigenvalue weighted by Crippen LogP contribution is -2.23. The SMILES string of the molecule is CCc1c(C)nn(-c2c(F)cccc2CNC(C)C)c1C. The van der Waals surface area contributed by atoms with E-state index in [0.29, 0.717) is 18.3 Å². The molecule has 0 amide bonds. The number of rotatable bonds is 5. The fourth-order valence-corrected chi connectivity index (χ4v) is 2.66. The molecule has 2 rings (SSSR count). The van der Waals surface area contributed by atoms with Gasteiger partial charge in [0.2, 0.25) is 0 Å². The quantitative estimate of drug-likeness (QED) is 0.910. The molecule has 1 heterocycles. The minimum atomic E-state index is -0.230. The van der Waals surface area contributed by atoms with Gasteiger partial charge >= 0.3 is 0 Å². The molecule has 0 saturated carbocycles. The van der Waals surface area contributed by atoms with Crippen LogP contribution in [0.1, 0.15) is 43.3 Å². The van der Waals surface area contributed by atoms with E-state index < -0.39 is 0 Å². The Kier molecular flexibility index (Phi) is 4.78. The Labute approximate surface area is 126 Å². The Morgan fingerprint density at radius 3 is 2.57 bits per heavy atom. The van der Waals surface area contributed by atoms with Crippen LogP contribution in [0.15, 0.2) is 18.2 Å². The zero-order chi connectivity index (χ0) is 15.6. The molecule has 0 aliphatic heterocycles. The summed E-state index contributed by atoms with van der Waals surface area (Å²) in [4.78, 5) is 0. The molecule has 1 aromatic carbocycles. The van der Waals surface area contributed by atoms with E-state index in [-0.39, 0.29) is 5.82 Å². The molecule has 0 unspecified atom stereocenters. The van der Waals surface area contributed by atoms with Crippen molar-refractivity contribution in [2.45, 2.75) is 53.6 Å². The van der Waals surface area contributed by atoms with E-state index in [1.165, 1.54) is 11.6 Å². The minimum Gasteiger partial charge on any atom is -0.310 e. The molecular formula is C17H24FN3. The number of para-hydroxylation sites is 1. The first kappa shape index (κ1) is 15.7. The standard InChI is InChI=1S/C17H24FN3/c1-6-15-12(4)20-21(13(15)5)17-14(10-19-11(2)3)8-7-9-16(17)18/h7-9,11,19H,6,10H2,1-5H3. The smallest absolute Gasteiger partial charge is 0.149 e. The van der Waals surface area contributed by atoms with Crippen molar-refractivity contribution in [1.29, 1.82) is 0 Å². The summed E-state index contributed by atoms with van der Waals surface area (Å²) in [6, 6.07) is 5.56. The summed E-state index contributed by atoms with van der Waals surface area (Å²) in [6.07, 6.45) is 0.908. The molecule has 21 heavy (non-hydrogen) atoms. The number of hydrogen-bond donors (Lipinski definition) is 1. The third kappa shape index (κ3) is 3.16. The van der Waals surface area contributed by atoms with Gasteiger partial charge in [-0.2, -0.15) is 5.10 Å². The van der Waals surface area contributed by atoms with E-state index in [1.807, 2.05) is 19.9 Å². The Bertz CT molecular complexity index is 629. The number of aryl methyl sites for hydroxylation is 1. The van der Waals surface area contributed by atoms with Crippen molar-refractivity contribution in [3.8, 4) is 5.69 Å². The lowest BCUT2D eigenvalue weighted by Gasteiger charge is -2.14. The van der Waals surface area contributed by atoms with Crippen LogP contribution in [-0.4, -0.2) is 15.8 Å². The molecule has 0 aliphatic carbocycles. The van der Waals surface area contributed by atoms with Crippen molar-refractivity contribution in [1.82, 2.24) is 15.1 Å². The van der Waals surface area contributed by atoms with E-state index in [4.69, 9.17) is 0 Å². The van der Waals surface area contributed by atoms with Crippen LogP contribution in [-0.2, 0) is 13.0 Å². The molecule has 0 radical (unpaired) electrons. The largest absolute Gasteiger partial charge is 0.310 e. The van der Waals surface area contributed by atoms with Crippen molar-refractivity contribution in [3.63, 3.8) is 0 Å². The fraction of sp³-hybridized carbons (Fsp3) is 0.471. The van der Waals surface area contributed by atoms with E-state index in [1.54, 1.807) is 10.7 Å². The van der Waals surface area contributed by atoms with E-state index in [2.05, 4.69) is 31.2 Å². The van der Waals surface area contributed by atoms with Gasteiger partial charge in [-0.25, -0.2) is 9.07 Å². The molecule has 0 aliphatic rings. The van der Waals surface area contributed by atoms with Crippen LogP contribution >= 0.6 is 0 Å². The normalized spacial score (nSPS) is 11.4. The van der Waals surface area contributed by atoms with Gasteiger partial charge in [0.1, 0.15) is 11.5 Å². The number of benzene rings is 1. The van der Waals surface area contributed by atoms with Crippen molar-refractivity contribution in [2.75, 3.05) is 0 Å². The lowest BCUT2D eigenvalue weighted by atomic mass is 10.1. The van der Waals surface area contributed by atoms with Crippen LogP contribution in [0.4, 0.5) is 4.39 Å². The maximum absolute atomic E-state index is 14.4. The summed E-state index contributed by atoms with van der Waals surface area (Å²) in [5, 5.41) is 7.89. The maximum Gasteiger partial charge on any atom is 0.149 e. The second kappa shape index (κ2) is 6.39. The molecule has 1 N–H and O–H groups in total. The highest BCUT2D eigenvalue weighted by Gasteiger charge is 2.17. The molecule has 3 nitrogen and oxygen atoms in total. The van der Waals surface area contributed by atoms with Crippen LogP contribution < -0.4 is 5.32 Å². The van der Waals surface area contributed by atoms with Gasteiger partial charge in [0.15, 0.2) is 0 Å². The average Bonchev–Trinajstić information content (AvgIpc) is 2.71. The molecule has 2 aromatic rings. The van der Waals surface area contributed by atoms with Gasteiger partial charge in [-0.3, -0.25) is 0 Å². The van der Waals surface area contributed by atoms with Gasteiger partial charge in [0, 0.05) is 18.3 Å². The molecule has 0 atom stereocenters. The van der Waals surface area contributed by atoms with E-state index in [0.717, 1.165) is 23.4 Å². The Balaban J connectivity index is 2.52. The van der Waals surface area contributed by atoms with Gasteiger partial charge in [-0.15, -0.1) is 0 Å². The second-order valence-corrected chi connectivity index (χ2v) is 5.70. The summed E-state index contributed by atoms with van der Waals surface area (Å²) >= 11 is 0. The number of halogens is 1. The van der Waals surface area contributed by atoms with Gasteiger partial charge < -0.3 is 5.32 Å². The van der Waals surface area contributed by atoms with Crippen molar-refractivity contribution in [2.24, 2.45) is 0 Å². The van der Waals surface area contributed by atoms with Crippen molar-refractivity contribution < 1.29 is 4.39 Å². The summed E-state index contributed by atoms with van der Waals surface area (Å²) in [5.41, 5.74) is 4.68. The molecule has 0 saturated heterocycles. The molecule has 0 spiro atoms. The number of nitrogens with one attached hydrogen (secondary N) is 1. The number of hydrogen-bond acceptors (Lipinski definition) is 2. The molecule has 4 heteroatoms. The Morgan fingerprint density at radius 1 is 1.29 bits per heavy atom. The number of nitrogens with zero attached hydrogens (tertiary/aromatic N) is 2. The fourth-order valence-electron chi connectivity index (χ4n) is 2.66. The van der Waals surface area contributed by atoms with Crippen LogP contribution in [0.2, 0.25) is 0 Å². The zero-order valence-corrected chi connectivity index (χ0v) is 13.5. The lowest BCUT2D eigenvalue weighted by molar-refractivity contribution is 0.571. The summed E-state index contributed by atoms with van der Waals surface area (Å²) in [6.45, 7) is 10.9. The van der Waals surface area contributed by atoms with Gasteiger partial charge in [0.05, 0.1) is 5.69 Å². The molecule has 114 valence electrons. The molecule has 0 fully saturated rings. The van der Waals surface area contributed by atoms with Crippen LogP contribution in [0, 0.1) is 19.7 Å². The first-order valence-electron chi connectivity index (χ1n) is 7.51. The van der Waals surface area contributed by atoms with E-state index in [9.17, 15) is 4.39 Å². The van der Waals surface area contributed by atoms with Gasteiger partial charge in [-0.05, 0) is 37.5 Å². The maximum atomic E-state index is 14.4. The highest BCUT2D eigenvalue weighted by molar-refractivity contribution is 5.45. The Hall–Kier alpha value is -1.68. The highest BCUT2D eigenvalue weighted by Crippen LogP contribution is 2.23. The Morgan fingerprint density at radius 2 is 2.00 bits per heavy atom. The summed E-state index contributed by atoms with van der Waals surface area (Å²) < 4.78 is 16.1. The van der Waals surface area contributed by atoms with E-state index >= 15 is 0 Å². The average molecular weight is 289 g/mol. The van der Waals surface area contributed by atoms with Crippen molar-refractivity contribution >= 4 is 0 Å². The van der Waals surface area contributed by atoms with Crippen molar-refractivity contribution in [3.05, 3.63) is 46.5 Å². The van der Waals surface area contributed by atoms with Crippen LogP contribution in [0.5, 0.6) is 0 Å². The van der Waals surface area contributed by atoms with Gasteiger partial charge in [-0.1, -0.05) is 32.9 Å².